The van der Waals surface area contributed by atoms with E-state index in [1.807, 2.05) is 71.8 Å². The number of likely N-dealkylation sites (tertiary alicyclic amines) is 1. The molecule has 0 bridgehead atoms. The molecule has 0 spiro atoms. The summed E-state index contributed by atoms with van der Waals surface area (Å²) in [6.45, 7) is 7.82. The number of fused-ring (bicyclic) bond motifs is 1. The Labute approximate surface area is 275 Å². The van der Waals surface area contributed by atoms with E-state index in [4.69, 9.17) is 14.5 Å². The number of benzene rings is 2. The zero-order valence-electron chi connectivity index (χ0n) is 27.7. The summed E-state index contributed by atoms with van der Waals surface area (Å²) in [5.74, 6) is 0.160. The quantitative estimate of drug-likeness (QED) is 0.241. The van der Waals surface area contributed by atoms with Crippen molar-refractivity contribution in [2.24, 2.45) is 0 Å². The van der Waals surface area contributed by atoms with Gasteiger partial charge in [-0.3, -0.25) is 28.8 Å². The number of aromatic nitrogens is 3. The second-order valence-corrected chi connectivity index (χ2v) is 11.9. The molecular formula is C35H43N7O5. The van der Waals surface area contributed by atoms with Gasteiger partial charge in [-0.15, -0.1) is 0 Å². The average Bonchev–Trinajstić information content (AvgIpc) is 3.42. The second-order valence-electron chi connectivity index (χ2n) is 11.9. The van der Waals surface area contributed by atoms with Crippen LogP contribution >= 0.6 is 0 Å². The Morgan fingerprint density at radius 1 is 1.04 bits per heavy atom. The maximum Gasteiger partial charge on any atom is 0.297 e. The molecule has 0 radical (unpaired) electrons. The first kappa shape index (κ1) is 33.4. The Morgan fingerprint density at radius 2 is 1.83 bits per heavy atom. The molecule has 1 aliphatic heterocycles. The molecule has 2 aromatic carbocycles. The molecule has 1 saturated heterocycles. The lowest BCUT2D eigenvalue weighted by atomic mass is 10.0. The highest BCUT2D eigenvalue weighted by atomic mass is 16.5. The van der Waals surface area contributed by atoms with Gasteiger partial charge in [-0.1, -0.05) is 18.2 Å². The van der Waals surface area contributed by atoms with Crippen LogP contribution in [0, 0.1) is 13.8 Å². The third-order valence-electron chi connectivity index (χ3n) is 8.65. The molecule has 0 unspecified atom stereocenters. The Balaban J connectivity index is 1.21. The Kier molecular flexibility index (Phi) is 10.7. The lowest BCUT2D eigenvalue weighted by molar-refractivity contribution is -0.126. The van der Waals surface area contributed by atoms with Crippen LogP contribution < -0.4 is 25.0 Å². The highest BCUT2D eigenvalue weighted by Gasteiger charge is 2.23. The van der Waals surface area contributed by atoms with Crippen LogP contribution in [0.1, 0.15) is 42.1 Å². The van der Waals surface area contributed by atoms with Crippen molar-refractivity contribution in [3.05, 3.63) is 77.1 Å². The number of pyridine rings is 1. The van der Waals surface area contributed by atoms with Crippen molar-refractivity contribution in [2.45, 2.75) is 52.8 Å². The van der Waals surface area contributed by atoms with E-state index < -0.39 is 0 Å². The van der Waals surface area contributed by atoms with Gasteiger partial charge in [0.1, 0.15) is 17.9 Å². The number of piperidine rings is 1. The topological polar surface area (TPSA) is 131 Å². The van der Waals surface area contributed by atoms with Crippen molar-refractivity contribution in [2.75, 3.05) is 45.2 Å². The lowest BCUT2D eigenvalue weighted by Gasteiger charge is -2.31. The first-order chi connectivity index (χ1) is 22.6. The number of anilines is 1. The predicted molar refractivity (Wildman–Crippen MR) is 180 cm³/mol. The number of nitrogens with zero attached hydrogens (tertiary/aromatic N) is 5. The average molecular weight is 642 g/mol. The monoisotopic (exact) mass is 641 g/mol. The zero-order chi connectivity index (χ0) is 33.5. The zero-order valence-corrected chi connectivity index (χ0v) is 27.7. The molecule has 12 heteroatoms. The summed E-state index contributed by atoms with van der Waals surface area (Å²) in [5, 5.41) is 5.71. The van der Waals surface area contributed by atoms with Crippen LogP contribution in [0.4, 0.5) is 5.69 Å². The van der Waals surface area contributed by atoms with Crippen LogP contribution in [0.3, 0.4) is 0 Å². The van der Waals surface area contributed by atoms with Crippen molar-refractivity contribution in [1.29, 1.82) is 0 Å². The summed E-state index contributed by atoms with van der Waals surface area (Å²) < 4.78 is 13.9. The van der Waals surface area contributed by atoms with Gasteiger partial charge < -0.3 is 25.0 Å². The maximum absolute atomic E-state index is 13.2. The smallest absolute Gasteiger partial charge is 0.297 e. The lowest BCUT2D eigenvalue weighted by Crippen LogP contribution is -2.48. The summed E-state index contributed by atoms with van der Waals surface area (Å²) >= 11 is 0. The van der Waals surface area contributed by atoms with Crippen LogP contribution in [0.5, 0.6) is 11.8 Å². The Morgan fingerprint density at radius 3 is 2.53 bits per heavy atom. The van der Waals surface area contributed by atoms with Crippen molar-refractivity contribution in [3.63, 3.8) is 0 Å². The van der Waals surface area contributed by atoms with E-state index in [0.717, 1.165) is 46.4 Å². The molecular weight excluding hydrogens is 598 g/mol. The molecule has 0 aliphatic carbocycles. The van der Waals surface area contributed by atoms with Gasteiger partial charge in [-0.2, -0.15) is 4.98 Å². The van der Waals surface area contributed by atoms with Crippen molar-refractivity contribution in [3.8, 4) is 11.8 Å². The third kappa shape index (κ3) is 8.07. The molecule has 1 fully saturated rings. The minimum atomic E-state index is -0.225. The molecule has 0 atom stereocenters. The number of imidazole rings is 1. The standard InChI is InChI=1S/C35H43N7O5/c1-23-12-13-29(40(4)33(45)19-37-32(44)21-41-17-14-26(15-18-41)38-25(3)43)24(2)28(23)22-47-31-11-8-10-30-34(31)39-35(46-5)42(30)20-27-9-6-7-16-36-27/h6-13,16,26H,14-15,17-22H2,1-5H3,(H,37,44)(H,38,43). The van der Waals surface area contributed by atoms with Crippen LogP contribution in [0.15, 0.2) is 54.7 Å². The van der Waals surface area contributed by atoms with Crippen LogP contribution in [0.25, 0.3) is 11.0 Å². The van der Waals surface area contributed by atoms with E-state index in [9.17, 15) is 14.4 Å². The first-order valence-electron chi connectivity index (χ1n) is 15.8. The maximum atomic E-state index is 13.2. The van der Waals surface area contributed by atoms with E-state index in [1.54, 1.807) is 25.3 Å². The number of ether oxygens (including phenoxy) is 2. The number of carbonyl (C=O) groups is 3. The molecule has 248 valence electrons. The second kappa shape index (κ2) is 15.1. The molecule has 2 N–H and O–H groups in total. The first-order valence-corrected chi connectivity index (χ1v) is 15.8. The van der Waals surface area contributed by atoms with Gasteiger partial charge >= 0.3 is 0 Å². The van der Waals surface area contributed by atoms with Crippen LogP contribution in [-0.2, 0) is 27.5 Å². The number of rotatable bonds is 12. The predicted octanol–water partition coefficient (Wildman–Crippen LogP) is 3.36. The Hall–Kier alpha value is -4.97. The fraction of sp³-hybridized carbons (Fsp3) is 0.400. The van der Waals surface area contributed by atoms with Gasteiger partial charge in [0, 0.05) is 45.0 Å². The van der Waals surface area contributed by atoms with Crippen molar-refractivity contribution in [1.82, 2.24) is 30.1 Å². The number of nitrogens with one attached hydrogen (secondary N) is 2. The number of methoxy groups -OCH3 is 1. The molecule has 4 aromatic rings. The van der Waals surface area contributed by atoms with E-state index in [-0.39, 0.29) is 43.5 Å². The molecule has 0 saturated carbocycles. The minimum Gasteiger partial charge on any atom is -0.487 e. The number of hydrogen-bond acceptors (Lipinski definition) is 8. The fourth-order valence-electron chi connectivity index (χ4n) is 6.00. The number of likely N-dealkylation sites (N-methyl/N-ethyl adjacent to an activating group) is 1. The molecule has 1 aliphatic rings. The molecule has 5 rings (SSSR count). The van der Waals surface area contributed by atoms with Gasteiger partial charge in [0.25, 0.3) is 6.01 Å². The van der Waals surface area contributed by atoms with Gasteiger partial charge in [-0.25, -0.2) is 0 Å². The van der Waals surface area contributed by atoms with E-state index in [1.165, 1.54) is 6.92 Å². The van der Waals surface area contributed by atoms with Gasteiger partial charge in [0.05, 0.1) is 38.0 Å². The number of amides is 3. The summed E-state index contributed by atoms with van der Waals surface area (Å²) in [6, 6.07) is 16.1. The molecule has 12 nitrogen and oxygen atoms in total. The SMILES string of the molecule is COc1nc2c(OCc3c(C)ccc(N(C)C(=O)CNC(=O)CN4CCC(NC(C)=O)CC4)c3C)cccc2n1Cc1ccccn1. The number of para-hydroxylation sites is 1. The normalized spacial score (nSPS) is 13.7. The van der Waals surface area contributed by atoms with Crippen molar-refractivity contribution < 1.29 is 23.9 Å². The molecule has 3 amide bonds. The number of carbonyl (C=O) groups excluding carboxylic acids is 3. The molecule has 2 aromatic heterocycles. The third-order valence-corrected chi connectivity index (χ3v) is 8.65. The van der Waals surface area contributed by atoms with Gasteiger partial charge in [-0.05, 0) is 73.7 Å². The molecule has 3 heterocycles. The summed E-state index contributed by atoms with van der Waals surface area (Å²) in [7, 11) is 3.31. The largest absolute Gasteiger partial charge is 0.487 e. The number of hydrogen-bond donors (Lipinski definition) is 2. The summed E-state index contributed by atoms with van der Waals surface area (Å²) in [6.07, 6.45) is 3.36. The summed E-state index contributed by atoms with van der Waals surface area (Å²) in [5.41, 5.74) is 6.10. The highest BCUT2D eigenvalue weighted by Crippen LogP contribution is 2.32. The van der Waals surface area contributed by atoms with Crippen molar-refractivity contribution >= 4 is 34.4 Å². The summed E-state index contributed by atoms with van der Waals surface area (Å²) in [4.78, 5) is 49.8. The van der Waals surface area contributed by atoms with Crippen LogP contribution in [0.2, 0.25) is 0 Å². The Bertz CT molecular complexity index is 1730. The van der Waals surface area contributed by atoms with E-state index >= 15 is 0 Å². The molecule has 47 heavy (non-hydrogen) atoms. The fourth-order valence-corrected chi connectivity index (χ4v) is 6.00. The minimum absolute atomic E-state index is 0.0354. The number of aryl methyl sites for hydroxylation is 1. The van der Waals surface area contributed by atoms with E-state index in [2.05, 4.69) is 15.6 Å². The van der Waals surface area contributed by atoms with Gasteiger partial charge in [0.2, 0.25) is 17.7 Å². The van der Waals surface area contributed by atoms with Gasteiger partial charge in [0.15, 0.2) is 0 Å². The highest BCUT2D eigenvalue weighted by molar-refractivity contribution is 5.97. The van der Waals surface area contributed by atoms with E-state index in [0.29, 0.717) is 36.9 Å². The van der Waals surface area contributed by atoms with Crippen LogP contribution in [-0.4, -0.2) is 83.5 Å².